The van der Waals surface area contributed by atoms with Crippen molar-refractivity contribution in [2.75, 3.05) is 6.54 Å². The molecule has 0 amide bonds. The third-order valence-electron chi connectivity index (χ3n) is 3.06. The van der Waals surface area contributed by atoms with Gasteiger partial charge in [0.05, 0.1) is 0 Å². The van der Waals surface area contributed by atoms with Crippen LogP contribution in [-0.2, 0) is 6.42 Å². The van der Waals surface area contributed by atoms with Crippen molar-refractivity contribution in [2.24, 2.45) is 0 Å². The van der Waals surface area contributed by atoms with E-state index in [4.69, 9.17) is 0 Å². The Hall–Kier alpha value is -1.26. The van der Waals surface area contributed by atoms with Crippen molar-refractivity contribution < 1.29 is 8.78 Å². The summed E-state index contributed by atoms with van der Waals surface area (Å²) in [5.41, 5.74) is 1.54. The second-order valence-corrected chi connectivity index (χ2v) is 5.63. The Morgan fingerprint density at radius 1 is 1.32 bits per heavy atom. The van der Waals surface area contributed by atoms with Crippen LogP contribution in [-0.4, -0.2) is 6.54 Å². The van der Waals surface area contributed by atoms with Crippen LogP contribution in [0.2, 0.25) is 0 Å². The Morgan fingerprint density at radius 2 is 2.11 bits per heavy atom. The summed E-state index contributed by atoms with van der Waals surface area (Å²) >= 11 is 1.67. The fourth-order valence-corrected chi connectivity index (χ4v) is 2.89. The molecule has 0 saturated heterocycles. The summed E-state index contributed by atoms with van der Waals surface area (Å²) in [4.78, 5) is 1.22. The van der Waals surface area contributed by atoms with E-state index in [0.29, 0.717) is 12.0 Å². The fourth-order valence-electron chi connectivity index (χ4n) is 2.13. The van der Waals surface area contributed by atoms with Crippen LogP contribution < -0.4 is 5.32 Å². The van der Waals surface area contributed by atoms with E-state index < -0.39 is 11.6 Å². The molecule has 1 unspecified atom stereocenters. The minimum absolute atomic E-state index is 0.0197. The second kappa shape index (κ2) is 6.26. The van der Waals surface area contributed by atoms with E-state index in [2.05, 4.69) is 16.8 Å². The van der Waals surface area contributed by atoms with Crippen molar-refractivity contribution in [1.29, 1.82) is 0 Å². The number of benzene rings is 1. The van der Waals surface area contributed by atoms with Gasteiger partial charge in [0, 0.05) is 10.9 Å². The Bertz CT molecular complexity index is 551. The van der Waals surface area contributed by atoms with Crippen molar-refractivity contribution in [3.8, 4) is 0 Å². The monoisotopic (exact) mass is 281 g/mol. The molecule has 19 heavy (non-hydrogen) atoms. The van der Waals surface area contributed by atoms with Crippen molar-refractivity contribution >= 4 is 11.3 Å². The molecule has 0 fully saturated rings. The van der Waals surface area contributed by atoms with E-state index >= 15 is 0 Å². The third-order valence-corrected chi connectivity index (χ3v) is 3.94. The van der Waals surface area contributed by atoms with Gasteiger partial charge < -0.3 is 5.32 Å². The van der Waals surface area contributed by atoms with Crippen molar-refractivity contribution in [3.63, 3.8) is 0 Å². The van der Waals surface area contributed by atoms with Crippen LogP contribution >= 0.6 is 11.3 Å². The van der Waals surface area contributed by atoms with Gasteiger partial charge in [0.2, 0.25) is 0 Å². The molecule has 1 nitrogen and oxygen atoms in total. The van der Waals surface area contributed by atoms with E-state index in [9.17, 15) is 8.78 Å². The molecule has 1 aromatic heterocycles. The van der Waals surface area contributed by atoms with Gasteiger partial charge >= 0.3 is 0 Å². The maximum Gasteiger partial charge on any atom is 0.162 e. The topological polar surface area (TPSA) is 12.0 Å². The minimum Gasteiger partial charge on any atom is -0.310 e. The summed E-state index contributed by atoms with van der Waals surface area (Å²) < 4.78 is 27.0. The van der Waals surface area contributed by atoms with Crippen LogP contribution in [0.3, 0.4) is 0 Å². The Kier molecular flexibility index (Phi) is 4.66. The first-order chi connectivity index (χ1) is 9.11. The molecule has 0 aliphatic heterocycles. The van der Waals surface area contributed by atoms with Gasteiger partial charge in [0.15, 0.2) is 11.6 Å². The number of halogens is 2. The molecule has 1 N–H and O–H groups in total. The summed E-state index contributed by atoms with van der Waals surface area (Å²) in [7, 11) is 0. The average molecular weight is 281 g/mol. The molecule has 0 radical (unpaired) electrons. The van der Waals surface area contributed by atoms with Crippen LogP contribution in [0.25, 0.3) is 0 Å². The zero-order valence-corrected chi connectivity index (χ0v) is 11.9. The molecule has 0 saturated carbocycles. The number of hydrogen-bond donors (Lipinski definition) is 1. The average Bonchev–Trinajstić information content (AvgIpc) is 2.81. The van der Waals surface area contributed by atoms with Crippen LogP contribution in [0.5, 0.6) is 0 Å². The summed E-state index contributed by atoms with van der Waals surface area (Å²) in [5, 5.41) is 5.39. The lowest BCUT2D eigenvalue weighted by molar-refractivity contribution is 0.481. The molecule has 102 valence electrons. The SMILES string of the molecule is CCNC(Cc1cccc(F)c1F)c1csc(C)c1. The van der Waals surface area contributed by atoms with Gasteiger partial charge in [-0.15, -0.1) is 11.3 Å². The summed E-state index contributed by atoms with van der Waals surface area (Å²) in [6.07, 6.45) is 0.452. The van der Waals surface area contributed by atoms with E-state index in [1.807, 2.05) is 13.8 Å². The lowest BCUT2D eigenvalue weighted by Gasteiger charge is -2.17. The number of nitrogens with one attached hydrogen (secondary N) is 1. The van der Waals surface area contributed by atoms with Crippen LogP contribution in [0.1, 0.15) is 29.0 Å². The maximum absolute atomic E-state index is 13.7. The van der Waals surface area contributed by atoms with E-state index in [0.717, 1.165) is 18.2 Å². The quantitative estimate of drug-likeness (QED) is 0.865. The molecule has 0 aliphatic rings. The molecule has 0 aliphatic carbocycles. The van der Waals surface area contributed by atoms with E-state index in [-0.39, 0.29) is 6.04 Å². The van der Waals surface area contributed by atoms with Gasteiger partial charge in [0.25, 0.3) is 0 Å². The molecule has 1 atom stereocenters. The molecular weight excluding hydrogens is 264 g/mol. The summed E-state index contributed by atoms with van der Waals surface area (Å²) in [5.74, 6) is -1.52. The standard InChI is InChI=1S/C15H17F2NS/c1-3-18-14(12-7-10(2)19-9-12)8-11-5-4-6-13(16)15(11)17/h4-7,9,14,18H,3,8H2,1-2H3. The Morgan fingerprint density at radius 3 is 2.74 bits per heavy atom. The zero-order chi connectivity index (χ0) is 13.8. The number of likely N-dealkylation sites (N-methyl/N-ethyl adjacent to an activating group) is 1. The fraction of sp³-hybridized carbons (Fsp3) is 0.333. The lowest BCUT2D eigenvalue weighted by Crippen LogP contribution is -2.23. The third kappa shape index (κ3) is 3.39. The molecule has 4 heteroatoms. The Labute approximate surface area is 116 Å². The maximum atomic E-state index is 13.7. The van der Waals surface area contributed by atoms with Gasteiger partial charge in [-0.1, -0.05) is 19.1 Å². The highest BCUT2D eigenvalue weighted by atomic mass is 32.1. The molecule has 1 heterocycles. The van der Waals surface area contributed by atoms with E-state index in [1.165, 1.54) is 4.88 Å². The number of thiophene rings is 1. The van der Waals surface area contributed by atoms with E-state index in [1.54, 1.807) is 23.5 Å². The van der Waals surface area contributed by atoms with Crippen molar-refractivity contribution in [2.45, 2.75) is 26.3 Å². The predicted octanol–water partition coefficient (Wildman–Crippen LogP) is 4.23. The van der Waals surface area contributed by atoms with Gasteiger partial charge in [-0.2, -0.15) is 0 Å². The van der Waals surface area contributed by atoms with Crippen molar-refractivity contribution in [1.82, 2.24) is 5.32 Å². The van der Waals surface area contributed by atoms with Gasteiger partial charge in [0.1, 0.15) is 0 Å². The summed E-state index contributed by atoms with van der Waals surface area (Å²) in [6.45, 7) is 4.84. The first-order valence-electron chi connectivity index (χ1n) is 6.33. The van der Waals surface area contributed by atoms with Gasteiger partial charge in [-0.05, 0) is 48.5 Å². The number of rotatable bonds is 5. The summed E-state index contributed by atoms with van der Waals surface area (Å²) in [6, 6.07) is 6.45. The molecular formula is C15H17F2NS. The van der Waals surface area contributed by atoms with Gasteiger partial charge in [-0.3, -0.25) is 0 Å². The number of hydrogen-bond acceptors (Lipinski definition) is 2. The molecule has 0 bridgehead atoms. The normalized spacial score (nSPS) is 12.6. The first kappa shape index (κ1) is 14.2. The molecule has 1 aromatic carbocycles. The highest BCUT2D eigenvalue weighted by Gasteiger charge is 2.16. The Balaban J connectivity index is 2.23. The van der Waals surface area contributed by atoms with Crippen molar-refractivity contribution in [3.05, 3.63) is 57.3 Å². The van der Waals surface area contributed by atoms with Crippen LogP contribution in [0.4, 0.5) is 8.78 Å². The number of aryl methyl sites for hydroxylation is 1. The predicted molar refractivity (Wildman–Crippen MR) is 75.5 cm³/mol. The van der Waals surface area contributed by atoms with Crippen LogP contribution in [0.15, 0.2) is 29.6 Å². The largest absolute Gasteiger partial charge is 0.310 e. The van der Waals surface area contributed by atoms with Crippen LogP contribution in [0, 0.1) is 18.6 Å². The first-order valence-corrected chi connectivity index (χ1v) is 7.21. The molecule has 0 spiro atoms. The smallest absolute Gasteiger partial charge is 0.162 e. The lowest BCUT2D eigenvalue weighted by atomic mass is 10.0. The second-order valence-electron chi connectivity index (χ2n) is 4.52. The molecule has 2 aromatic rings. The molecule has 2 rings (SSSR count). The minimum atomic E-state index is -0.783. The zero-order valence-electron chi connectivity index (χ0n) is 11.0. The van der Waals surface area contributed by atoms with Gasteiger partial charge in [-0.25, -0.2) is 8.78 Å². The highest BCUT2D eigenvalue weighted by molar-refractivity contribution is 7.10. The highest BCUT2D eigenvalue weighted by Crippen LogP contribution is 2.25.